The van der Waals surface area contributed by atoms with Crippen molar-refractivity contribution in [1.29, 1.82) is 0 Å². The molecule has 4 nitrogen and oxygen atoms in total. The second kappa shape index (κ2) is 7.57. The molecular formula is C16H22ClN3O. The molecule has 0 bridgehead atoms. The largest absolute Gasteiger partial charge is 0.339 e. The smallest absolute Gasteiger partial charge is 0.231 e. The second-order valence-electron chi connectivity index (χ2n) is 5.21. The van der Waals surface area contributed by atoms with Gasteiger partial charge in [-0.15, -0.1) is 0 Å². The van der Waals surface area contributed by atoms with Crippen LogP contribution in [0.4, 0.5) is 0 Å². The number of aromatic nitrogens is 2. The minimum Gasteiger partial charge on any atom is -0.339 e. The molecule has 114 valence electrons. The summed E-state index contributed by atoms with van der Waals surface area (Å²) >= 11 is 5.89. The minimum absolute atomic E-state index is 0.247. The summed E-state index contributed by atoms with van der Waals surface area (Å²) in [5, 5.41) is 8.25. The Morgan fingerprint density at radius 2 is 1.95 bits per heavy atom. The third-order valence-corrected chi connectivity index (χ3v) is 3.90. The van der Waals surface area contributed by atoms with Gasteiger partial charge >= 0.3 is 0 Å². The molecule has 0 spiro atoms. The molecule has 0 fully saturated rings. The molecule has 1 aromatic heterocycles. The van der Waals surface area contributed by atoms with Crippen molar-refractivity contribution in [2.45, 2.75) is 45.6 Å². The molecule has 0 amide bonds. The highest BCUT2D eigenvalue weighted by molar-refractivity contribution is 6.30. The summed E-state index contributed by atoms with van der Waals surface area (Å²) in [6, 6.07) is 8.04. The average molecular weight is 308 g/mol. The van der Waals surface area contributed by atoms with Crippen LogP contribution in [0, 0.1) is 0 Å². The Morgan fingerprint density at radius 1 is 1.24 bits per heavy atom. The molecule has 0 saturated heterocycles. The van der Waals surface area contributed by atoms with Gasteiger partial charge in [0.2, 0.25) is 5.89 Å². The Balaban J connectivity index is 2.07. The third-order valence-electron chi connectivity index (χ3n) is 3.65. The lowest BCUT2D eigenvalue weighted by Gasteiger charge is -2.19. The van der Waals surface area contributed by atoms with Crippen LogP contribution >= 0.6 is 11.6 Å². The number of halogens is 1. The van der Waals surface area contributed by atoms with E-state index in [-0.39, 0.29) is 5.92 Å². The maximum absolute atomic E-state index is 5.89. The van der Waals surface area contributed by atoms with E-state index in [9.17, 15) is 0 Å². The van der Waals surface area contributed by atoms with E-state index >= 15 is 0 Å². The summed E-state index contributed by atoms with van der Waals surface area (Å²) in [5.74, 6) is 1.68. The van der Waals surface area contributed by atoms with Crippen LogP contribution < -0.4 is 5.32 Å². The van der Waals surface area contributed by atoms with Gasteiger partial charge in [0.05, 0.1) is 5.92 Å². The van der Waals surface area contributed by atoms with E-state index in [2.05, 4.69) is 36.2 Å². The van der Waals surface area contributed by atoms with Gasteiger partial charge in [-0.05, 0) is 37.6 Å². The number of nitrogens with one attached hydrogen (secondary N) is 1. The Kier molecular flexibility index (Phi) is 5.76. The summed E-state index contributed by atoms with van der Waals surface area (Å²) in [6.07, 6.45) is 1.63. The molecule has 2 atom stereocenters. The van der Waals surface area contributed by atoms with Crippen molar-refractivity contribution in [2.24, 2.45) is 0 Å². The molecule has 2 unspecified atom stereocenters. The van der Waals surface area contributed by atoms with Gasteiger partial charge in [0.15, 0.2) is 5.82 Å². The Morgan fingerprint density at radius 3 is 2.57 bits per heavy atom. The summed E-state index contributed by atoms with van der Waals surface area (Å²) in [6.45, 7) is 7.33. The molecule has 21 heavy (non-hydrogen) atoms. The SMILES string of the molecule is CCNC(C)C(CC)c1nc(Cc2ccc(Cl)cc2)no1. The molecule has 0 radical (unpaired) electrons. The average Bonchev–Trinajstić information content (AvgIpc) is 2.91. The first kappa shape index (κ1) is 16.0. The minimum atomic E-state index is 0.247. The number of hydrogen-bond donors (Lipinski definition) is 1. The lowest BCUT2D eigenvalue weighted by Crippen LogP contribution is -2.31. The van der Waals surface area contributed by atoms with Crippen LogP contribution in [0.25, 0.3) is 0 Å². The van der Waals surface area contributed by atoms with Crippen molar-refractivity contribution in [3.8, 4) is 0 Å². The third kappa shape index (κ3) is 4.29. The summed E-state index contributed by atoms with van der Waals surface area (Å²) in [4.78, 5) is 4.55. The van der Waals surface area contributed by atoms with Crippen LogP contribution in [-0.4, -0.2) is 22.7 Å². The van der Waals surface area contributed by atoms with E-state index < -0.39 is 0 Å². The maximum Gasteiger partial charge on any atom is 0.231 e. The molecule has 1 aromatic carbocycles. The summed E-state index contributed by atoms with van der Waals surface area (Å²) < 4.78 is 5.45. The zero-order valence-electron chi connectivity index (χ0n) is 12.8. The van der Waals surface area contributed by atoms with Gasteiger partial charge < -0.3 is 9.84 Å². The van der Waals surface area contributed by atoms with E-state index in [1.54, 1.807) is 0 Å². The highest BCUT2D eigenvalue weighted by Crippen LogP contribution is 2.22. The Hall–Kier alpha value is -1.39. The molecule has 1 heterocycles. The molecular weight excluding hydrogens is 286 g/mol. The summed E-state index contributed by atoms with van der Waals surface area (Å²) in [7, 11) is 0. The van der Waals surface area contributed by atoms with Crippen molar-refractivity contribution in [3.05, 3.63) is 46.6 Å². The van der Waals surface area contributed by atoms with Crippen LogP contribution in [0.1, 0.15) is 50.4 Å². The standard InChI is InChI=1S/C16H22ClN3O/c1-4-14(11(3)18-5-2)16-19-15(20-21-16)10-12-6-8-13(17)9-7-12/h6-9,11,14,18H,4-5,10H2,1-3H3. The molecule has 1 N–H and O–H groups in total. The molecule has 0 aliphatic rings. The quantitative estimate of drug-likeness (QED) is 0.845. The fourth-order valence-corrected chi connectivity index (χ4v) is 2.61. The van der Waals surface area contributed by atoms with Crippen molar-refractivity contribution in [2.75, 3.05) is 6.54 Å². The zero-order valence-corrected chi connectivity index (χ0v) is 13.5. The van der Waals surface area contributed by atoms with E-state index in [0.717, 1.165) is 35.3 Å². The first-order chi connectivity index (χ1) is 10.1. The maximum atomic E-state index is 5.89. The van der Waals surface area contributed by atoms with E-state index in [1.807, 2.05) is 24.3 Å². The number of rotatable bonds is 7. The number of likely N-dealkylation sites (N-methyl/N-ethyl adjacent to an activating group) is 1. The van der Waals surface area contributed by atoms with E-state index in [1.165, 1.54) is 0 Å². The molecule has 2 rings (SSSR count). The fourth-order valence-electron chi connectivity index (χ4n) is 2.48. The van der Waals surface area contributed by atoms with E-state index in [4.69, 9.17) is 16.1 Å². The molecule has 0 saturated carbocycles. The van der Waals surface area contributed by atoms with Gasteiger partial charge in [-0.1, -0.05) is 42.7 Å². The van der Waals surface area contributed by atoms with Gasteiger partial charge in [0, 0.05) is 17.5 Å². The van der Waals surface area contributed by atoms with Gasteiger partial charge in [0.25, 0.3) is 0 Å². The molecule has 2 aromatic rings. The normalized spacial score (nSPS) is 14.1. The van der Waals surface area contributed by atoms with E-state index in [0.29, 0.717) is 12.5 Å². The topological polar surface area (TPSA) is 51.0 Å². The Labute approximate surface area is 130 Å². The predicted octanol–water partition coefficient (Wildman–Crippen LogP) is 3.81. The monoisotopic (exact) mass is 307 g/mol. The molecule has 0 aliphatic carbocycles. The zero-order chi connectivity index (χ0) is 15.2. The highest BCUT2D eigenvalue weighted by atomic mass is 35.5. The van der Waals surface area contributed by atoms with Crippen molar-refractivity contribution >= 4 is 11.6 Å². The molecule has 5 heteroatoms. The van der Waals surface area contributed by atoms with Gasteiger partial charge in [0.1, 0.15) is 0 Å². The van der Waals surface area contributed by atoms with Gasteiger partial charge in [-0.2, -0.15) is 4.98 Å². The van der Waals surface area contributed by atoms with Crippen LogP contribution in [0.2, 0.25) is 5.02 Å². The van der Waals surface area contributed by atoms with Crippen molar-refractivity contribution < 1.29 is 4.52 Å². The highest BCUT2D eigenvalue weighted by Gasteiger charge is 2.23. The van der Waals surface area contributed by atoms with Crippen LogP contribution in [0.5, 0.6) is 0 Å². The number of hydrogen-bond acceptors (Lipinski definition) is 4. The van der Waals surface area contributed by atoms with Crippen LogP contribution in [-0.2, 0) is 6.42 Å². The first-order valence-electron chi connectivity index (χ1n) is 7.44. The Bertz CT molecular complexity index is 553. The fraction of sp³-hybridized carbons (Fsp3) is 0.500. The molecule has 0 aliphatic heterocycles. The van der Waals surface area contributed by atoms with Gasteiger partial charge in [-0.25, -0.2) is 0 Å². The van der Waals surface area contributed by atoms with Crippen molar-refractivity contribution in [3.63, 3.8) is 0 Å². The summed E-state index contributed by atoms with van der Waals surface area (Å²) in [5.41, 5.74) is 1.12. The first-order valence-corrected chi connectivity index (χ1v) is 7.82. The van der Waals surface area contributed by atoms with Crippen molar-refractivity contribution in [1.82, 2.24) is 15.5 Å². The second-order valence-corrected chi connectivity index (χ2v) is 5.65. The van der Waals surface area contributed by atoms with Crippen LogP contribution in [0.3, 0.4) is 0 Å². The van der Waals surface area contributed by atoms with Crippen LogP contribution in [0.15, 0.2) is 28.8 Å². The predicted molar refractivity (Wildman–Crippen MR) is 84.7 cm³/mol. The van der Waals surface area contributed by atoms with Gasteiger partial charge in [-0.3, -0.25) is 0 Å². The number of benzene rings is 1. The number of nitrogens with zero attached hydrogens (tertiary/aromatic N) is 2. The lowest BCUT2D eigenvalue weighted by molar-refractivity contribution is 0.316. The lowest BCUT2D eigenvalue weighted by atomic mass is 9.98.